The van der Waals surface area contributed by atoms with Gasteiger partial charge in [-0.15, -0.1) is 0 Å². The molecule has 2 unspecified atom stereocenters. The number of aliphatic carboxylic acids is 1. The Kier molecular flexibility index (Phi) is 3.85. The van der Waals surface area contributed by atoms with Crippen molar-refractivity contribution in [3.8, 4) is 0 Å². The van der Waals surface area contributed by atoms with E-state index < -0.39 is 11.5 Å². The lowest BCUT2D eigenvalue weighted by Crippen LogP contribution is -2.55. The zero-order chi connectivity index (χ0) is 13.2. The van der Waals surface area contributed by atoms with E-state index in [9.17, 15) is 9.90 Å². The highest BCUT2D eigenvalue weighted by Gasteiger charge is 2.45. The normalized spacial score (nSPS) is 27.8. The number of nitrogens with one attached hydrogen (secondary N) is 1. The fraction of sp³-hybridized carbons (Fsp3) is 0.500. The minimum absolute atomic E-state index is 0.0726. The number of aryl methyl sites for hydroxylation is 1. The maximum absolute atomic E-state index is 11.7. The summed E-state index contributed by atoms with van der Waals surface area (Å²) in [7, 11) is 0. The number of anilines is 1. The average molecular weight is 265 g/mol. The number of carbonyl (C=O) groups is 1. The van der Waals surface area contributed by atoms with Crippen LogP contribution in [0.2, 0.25) is 0 Å². The van der Waals surface area contributed by atoms with Crippen LogP contribution in [0, 0.1) is 6.92 Å². The van der Waals surface area contributed by atoms with Crippen molar-refractivity contribution >= 4 is 23.4 Å². The molecule has 1 aliphatic heterocycles. The van der Waals surface area contributed by atoms with E-state index in [2.05, 4.69) is 5.32 Å². The number of para-hydroxylation sites is 1. The number of thioether (sulfide) groups is 1. The Balaban J connectivity index is 2.32. The number of benzene rings is 1. The molecule has 1 heterocycles. The standard InChI is InChI=1S/C14H19NO2S/c1-10-6-3-4-7-12(10)15-14(13(16)17)8-5-9-18-11(14)2/h3-4,6-7,11,15H,5,8-9H2,1-2H3,(H,16,17). The van der Waals surface area contributed by atoms with Gasteiger partial charge in [0, 0.05) is 10.9 Å². The predicted molar refractivity (Wildman–Crippen MR) is 76.3 cm³/mol. The van der Waals surface area contributed by atoms with Crippen LogP contribution < -0.4 is 5.32 Å². The van der Waals surface area contributed by atoms with Crippen LogP contribution in [0.4, 0.5) is 5.69 Å². The first-order chi connectivity index (χ1) is 8.56. The van der Waals surface area contributed by atoms with Gasteiger partial charge in [0.1, 0.15) is 5.54 Å². The second-order valence-corrected chi connectivity index (χ2v) is 6.28. The second kappa shape index (κ2) is 5.22. The van der Waals surface area contributed by atoms with Gasteiger partial charge in [-0.3, -0.25) is 0 Å². The fourth-order valence-electron chi connectivity index (χ4n) is 2.41. The van der Waals surface area contributed by atoms with E-state index in [1.807, 2.05) is 38.1 Å². The van der Waals surface area contributed by atoms with Gasteiger partial charge in [-0.2, -0.15) is 11.8 Å². The van der Waals surface area contributed by atoms with Crippen molar-refractivity contribution in [3.05, 3.63) is 29.8 Å². The summed E-state index contributed by atoms with van der Waals surface area (Å²) in [5.74, 6) is 0.302. The van der Waals surface area contributed by atoms with Crippen LogP contribution >= 0.6 is 11.8 Å². The lowest BCUT2D eigenvalue weighted by atomic mass is 9.89. The third-order valence-electron chi connectivity index (χ3n) is 3.66. The maximum atomic E-state index is 11.7. The van der Waals surface area contributed by atoms with E-state index in [4.69, 9.17) is 0 Å². The molecule has 18 heavy (non-hydrogen) atoms. The summed E-state index contributed by atoms with van der Waals surface area (Å²) in [6, 6.07) is 7.85. The first-order valence-electron chi connectivity index (χ1n) is 6.25. The third kappa shape index (κ3) is 2.34. The first kappa shape index (κ1) is 13.3. The molecule has 0 radical (unpaired) electrons. The fourth-order valence-corrected chi connectivity index (χ4v) is 3.64. The summed E-state index contributed by atoms with van der Waals surface area (Å²) in [6.45, 7) is 4.00. The Bertz CT molecular complexity index is 449. The highest BCUT2D eigenvalue weighted by molar-refractivity contribution is 8.00. The summed E-state index contributed by atoms with van der Waals surface area (Å²) >= 11 is 1.74. The summed E-state index contributed by atoms with van der Waals surface area (Å²) in [5, 5.41) is 13.0. The van der Waals surface area contributed by atoms with Gasteiger partial charge in [0.15, 0.2) is 0 Å². The molecule has 0 amide bonds. The lowest BCUT2D eigenvalue weighted by Gasteiger charge is -2.40. The molecule has 0 aromatic heterocycles. The monoisotopic (exact) mass is 265 g/mol. The van der Waals surface area contributed by atoms with Gasteiger partial charge in [0.05, 0.1) is 0 Å². The molecular weight excluding hydrogens is 246 g/mol. The number of carboxylic acids is 1. The molecule has 2 N–H and O–H groups in total. The quantitative estimate of drug-likeness (QED) is 0.881. The second-order valence-electron chi connectivity index (χ2n) is 4.83. The number of hydrogen-bond donors (Lipinski definition) is 2. The van der Waals surface area contributed by atoms with Crippen LogP contribution in [0.1, 0.15) is 25.3 Å². The number of rotatable bonds is 3. The molecule has 1 saturated heterocycles. The lowest BCUT2D eigenvalue weighted by molar-refractivity contribution is -0.142. The molecule has 1 aromatic rings. The van der Waals surface area contributed by atoms with Gasteiger partial charge in [-0.1, -0.05) is 25.1 Å². The highest BCUT2D eigenvalue weighted by Crippen LogP contribution is 2.37. The summed E-state index contributed by atoms with van der Waals surface area (Å²) in [6.07, 6.45) is 1.63. The van der Waals surface area contributed by atoms with Gasteiger partial charge in [0.2, 0.25) is 0 Å². The Morgan fingerprint density at radius 2 is 2.22 bits per heavy atom. The van der Waals surface area contributed by atoms with Crippen molar-refractivity contribution in [3.63, 3.8) is 0 Å². The zero-order valence-electron chi connectivity index (χ0n) is 10.8. The molecule has 0 spiro atoms. The molecule has 0 aliphatic carbocycles. The van der Waals surface area contributed by atoms with Gasteiger partial charge >= 0.3 is 5.97 Å². The van der Waals surface area contributed by atoms with E-state index in [1.165, 1.54) is 0 Å². The molecule has 1 aliphatic rings. The van der Waals surface area contributed by atoms with Crippen molar-refractivity contribution in [1.29, 1.82) is 0 Å². The van der Waals surface area contributed by atoms with E-state index >= 15 is 0 Å². The molecule has 98 valence electrons. The number of carboxylic acid groups (broad SMARTS) is 1. The van der Waals surface area contributed by atoms with Crippen molar-refractivity contribution in [2.24, 2.45) is 0 Å². The van der Waals surface area contributed by atoms with E-state index in [-0.39, 0.29) is 5.25 Å². The van der Waals surface area contributed by atoms with Gasteiger partial charge in [0.25, 0.3) is 0 Å². The van der Waals surface area contributed by atoms with Crippen LogP contribution in [0.15, 0.2) is 24.3 Å². The molecular formula is C14H19NO2S. The van der Waals surface area contributed by atoms with Crippen molar-refractivity contribution in [2.75, 3.05) is 11.1 Å². The molecule has 4 heteroatoms. The molecule has 2 atom stereocenters. The molecule has 2 rings (SSSR count). The third-order valence-corrected chi connectivity index (χ3v) is 5.09. The maximum Gasteiger partial charge on any atom is 0.330 e. The first-order valence-corrected chi connectivity index (χ1v) is 7.30. The molecule has 1 aromatic carbocycles. The molecule has 3 nitrogen and oxygen atoms in total. The Labute approximate surface area is 112 Å². The molecule has 0 bridgehead atoms. The summed E-state index contributed by atoms with van der Waals surface area (Å²) in [5.41, 5.74) is 1.17. The minimum Gasteiger partial charge on any atom is -0.479 e. The van der Waals surface area contributed by atoms with Crippen LogP contribution in [0.5, 0.6) is 0 Å². The summed E-state index contributed by atoms with van der Waals surface area (Å²) in [4.78, 5) is 11.7. The van der Waals surface area contributed by atoms with Crippen molar-refractivity contribution in [1.82, 2.24) is 0 Å². The van der Waals surface area contributed by atoms with Gasteiger partial charge in [-0.25, -0.2) is 4.79 Å². The SMILES string of the molecule is Cc1ccccc1NC1(C(=O)O)CCCSC1C. The Morgan fingerprint density at radius 1 is 1.50 bits per heavy atom. The van der Waals surface area contributed by atoms with Crippen LogP contribution in [-0.4, -0.2) is 27.6 Å². The number of hydrogen-bond acceptors (Lipinski definition) is 3. The summed E-state index contributed by atoms with van der Waals surface area (Å²) < 4.78 is 0. The largest absolute Gasteiger partial charge is 0.479 e. The van der Waals surface area contributed by atoms with Crippen LogP contribution in [-0.2, 0) is 4.79 Å². The zero-order valence-corrected chi connectivity index (χ0v) is 11.6. The minimum atomic E-state index is -0.838. The molecule has 0 saturated carbocycles. The smallest absolute Gasteiger partial charge is 0.330 e. The van der Waals surface area contributed by atoms with Crippen molar-refractivity contribution in [2.45, 2.75) is 37.5 Å². The van der Waals surface area contributed by atoms with Gasteiger partial charge < -0.3 is 10.4 Å². The van der Waals surface area contributed by atoms with E-state index in [1.54, 1.807) is 11.8 Å². The topological polar surface area (TPSA) is 49.3 Å². The average Bonchev–Trinajstić information content (AvgIpc) is 2.34. The van der Waals surface area contributed by atoms with Crippen LogP contribution in [0.25, 0.3) is 0 Å². The van der Waals surface area contributed by atoms with E-state index in [0.717, 1.165) is 23.4 Å². The van der Waals surface area contributed by atoms with Crippen LogP contribution in [0.3, 0.4) is 0 Å². The highest BCUT2D eigenvalue weighted by atomic mass is 32.2. The molecule has 1 fully saturated rings. The Morgan fingerprint density at radius 3 is 2.83 bits per heavy atom. The predicted octanol–water partition coefficient (Wildman–Crippen LogP) is 3.15. The van der Waals surface area contributed by atoms with Gasteiger partial charge in [-0.05, 0) is 37.1 Å². The van der Waals surface area contributed by atoms with Crippen molar-refractivity contribution < 1.29 is 9.90 Å². The Hall–Kier alpha value is -1.16. The van der Waals surface area contributed by atoms with E-state index in [0.29, 0.717) is 6.42 Å².